The molecule has 0 bridgehead atoms. The van der Waals surface area contributed by atoms with Gasteiger partial charge in [-0.25, -0.2) is 4.39 Å². The monoisotopic (exact) mass is 206 g/mol. The number of rotatable bonds is 1. The van der Waals surface area contributed by atoms with Crippen LogP contribution in [0.5, 0.6) is 0 Å². The second-order valence-electron chi connectivity index (χ2n) is 4.49. The lowest BCUT2D eigenvalue weighted by atomic mass is 10.1. The first kappa shape index (κ1) is 9.16. The zero-order chi connectivity index (χ0) is 10.3. The highest BCUT2D eigenvalue weighted by molar-refractivity contribution is 5.48. The van der Waals surface area contributed by atoms with Gasteiger partial charge in [0.2, 0.25) is 0 Å². The van der Waals surface area contributed by atoms with Crippen molar-refractivity contribution in [2.45, 2.75) is 12.5 Å². The summed E-state index contributed by atoms with van der Waals surface area (Å²) in [5, 5.41) is 3.51. The molecule has 2 heterocycles. The molecule has 80 valence electrons. The summed E-state index contributed by atoms with van der Waals surface area (Å²) < 4.78 is 12.8. The Bertz CT molecular complexity index is 337. The van der Waals surface area contributed by atoms with E-state index in [1.54, 1.807) is 0 Å². The molecule has 0 aromatic heterocycles. The average Bonchev–Trinajstić information content (AvgIpc) is 2.78. The fourth-order valence-electron chi connectivity index (χ4n) is 2.71. The van der Waals surface area contributed by atoms with E-state index in [-0.39, 0.29) is 5.82 Å². The molecule has 2 nitrogen and oxygen atoms in total. The standard InChI is InChI=1S/C12H15FN2/c13-10-1-3-11(4-2-10)15-7-9-5-6-14-12(9)8-15/h1-4,9,12,14H,5-8H2. The third-order valence-electron chi connectivity index (χ3n) is 3.55. The Morgan fingerprint density at radius 2 is 2.00 bits per heavy atom. The lowest BCUT2D eigenvalue weighted by Gasteiger charge is -2.19. The molecule has 2 aliphatic heterocycles. The second-order valence-corrected chi connectivity index (χ2v) is 4.49. The van der Waals surface area contributed by atoms with Gasteiger partial charge in [-0.2, -0.15) is 0 Å². The molecular formula is C12H15FN2. The fourth-order valence-corrected chi connectivity index (χ4v) is 2.71. The maximum absolute atomic E-state index is 12.8. The van der Waals surface area contributed by atoms with Gasteiger partial charge in [0.15, 0.2) is 0 Å². The minimum Gasteiger partial charge on any atom is -0.370 e. The van der Waals surface area contributed by atoms with E-state index >= 15 is 0 Å². The Labute approximate surface area is 89.1 Å². The van der Waals surface area contributed by atoms with E-state index in [4.69, 9.17) is 0 Å². The summed E-state index contributed by atoms with van der Waals surface area (Å²) in [6, 6.07) is 7.47. The lowest BCUT2D eigenvalue weighted by molar-refractivity contribution is 0.556. The highest BCUT2D eigenvalue weighted by atomic mass is 19.1. The molecular weight excluding hydrogens is 191 g/mol. The smallest absolute Gasteiger partial charge is 0.123 e. The number of halogens is 1. The van der Waals surface area contributed by atoms with Crippen LogP contribution in [0.1, 0.15) is 6.42 Å². The van der Waals surface area contributed by atoms with Crippen molar-refractivity contribution in [2.75, 3.05) is 24.5 Å². The first-order valence-corrected chi connectivity index (χ1v) is 5.57. The number of hydrogen-bond acceptors (Lipinski definition) is 2. The summed E-state index contributed by atoms with van der Waals surface area (Å²) in [4.78, 5) is 2.35. The highest BCUT2D eigenvalue weighted by Crippen LogP contribution is 2.28. The van der Waals surface area contributed by atoms with E-state index in [1.165, 1.54) is 18.6 Å². The quantitative estimate of drug-likeness (QED) is 0.751. The maximum Gasteiger partial charge on any atom is 0.123 e. The first-order valence-electron chi connectivity index (χ1n) is 5.57. The SMILES string of the molecule is Fc1ccc(N2CC3CCNC3C2)cc1. The Kier molecular flexibility index (Phi) is 2.13. The van der Waals surface area contributed by atoms with Crippen molar-refractivity contribution in [3.05, 3.63) is 30.1 Å². The van der Waals surface area contributed by atoms with Crippen molar-refractivity contribution in [3.63, 3.8) is 0 Å². The van der Waals surface area contributed by atoms with Crippen LogP contribution in [0.2, 0.25) is 0 Å². The molecule has 2 saturated heterocycles. The van der Waals surface area contributed by atoms with Crippen LogP contribution in [0.25, 0.3) is 0 Å². The summed E-state index contributed by atoms with van der Waals surface area (Å²) in [6.07, 6.45) is 1.28. The second kappa shape index (κ2) is 3.49. The molecule has 3 rings (SSSR count). The van der Waals surface area contributed by atoms with Gasteiger partial charge in [0.05, 0.1) is 0 Å². The van der Waals surface area contributed by atoms with Crippen LogP contribution in [-0.2, 0) is 0 Å². The topological polar surface area (TPSA) is 15.3 Å². The van der Waals surface area contributed by atoms with Crippen molar-refractivity contribution >= 4 is 5.69 Å². The summed E-state index contributed by atoms with van der Waals surface area (Å²) in [5.74, 6) is 0.631. The predicted octanol–water partition coefficient (Wildman–Crippen LogP) is 1.62. The third kappa shape index (κ3) is 1.61. The molecule has 1 N–H and O–H groups in total. The number of fused-ring (bicyclic) bond motifs is 1. The average molecular weight is 206 g/mol. The third-order valence-corrected chi connectivity index (χ3v) is 3.55. The molecule has 15 heavy (non-hydrogen) atoms. The molecule has 2 fully saturated rings. The summed E-state index contributed by atoms with van der Waals surface area (Å²) in [5.41, 5.74) is 1.15. The van der Waals surface area contributed by atoms with E-state index in [0.29, 0.717) is 6.04 Å². The van der Waals surface area contributed by atoms with E-state index in [9.17, 15) is 4.39 Å². The molecule has 0 amide bonds. The molecule has 0 radical (unpaired) electrons. The van der Waals surface area contributed by atoms with E-state index in [0.717, 1.165) is 31.2 Å². The molecule has 3 heteroatoms. The molecule has 0 aliphatic carbocycles. The van der Waals surface area contributed by atoms with Crippen LogP contribution in [0.3, 0.4) is 0 Å². The van der Waals surface area contributed by atoms with Gasteiger partial charge in [-0.05, 0) is 43.1 Å². The van der Waals surface area contributed by atoms with Gasteiger partial charge < -0.3 is 10.2 Å². The molecule has 2 atom stereocenters. The van der Waals surface area contributed by atoms with E-state index in [2.05, 4.69) is 10.2 Å². The van der Waals surface area contributed by atoms with Crippen molar-refractivity contribution in [3.8, 4) is 0 Å². The number of nitrogens with one attached hydrogen (secondary N) is 1. The Morgan fingerprint density at radius 1 is 1.20 bits per heavy atom. The molecule has 1 aromatic carbocycles. The van der Waals surface area contributed by atoms with E-state index in [1.807, 2.05) is 12.1 Å². The van der Waals surface area contributed by atoms with Gasteiger partial charge in [0.1, 0.15) is 5.82 Å². The fraction of sp³-hybridized carbons (Fsp3) is 0.500. The van der Waals surface area contributed by atoms with E-state index < -0.39 is 0 Å². The predicted molar refractivity (Wildman–Crippen MR) is 58.5 cm³/mol. The Hall–Kier alpha value is -1.09. The van der Waals surface area contributed by atoms with Crippen molar-refractivity contribution < 1.29 is 4.39 Å². The van der Waals surface area contributed by atoms with Gasteiger partial charge in [0, 0.05) is 24.8 Å². The number of nitrogens with zero attached hydrogens (tertiary/aromatic N) is 1. The number of anilines is 1. The van der Waals surface area contributed by atoms with Crippen LogP contribution in [0, 0.1) is 11.7 Å². The van der Waals surface area contributed by atoms with Crippen LogP contribution in [-0.4, -0.2) is 25.7 Å². The van der Waals surface area contributed by atoms with Crippen molar-refractivity contribution in [2.24, 2.45) is 5.92 Å². The zero-order valence-corrected chi connectivity index (χ0v) is 8.62. The van der Waals surface area contributed by atoms with Gasteiger partial charge in [0.25, 0.3) is 0 Å². The minimum absolute atomic E-state index is 0.156. The van der Waals surface area contributed by atoms with Gasteiger partial charge in [-0.1, -0.05) is 0 Å². The molecule has 2 unspecified atom stereocenters. The molecule has 2 aliphatic rings. The zero-order valence-electron chi connectivity index (χ0n) is 8.62. The summed E-state index contributed by atoms with van der Waals surface area (Å²) in [7, 11) is 0. The minimum atomic E-state index is -0.156. The van der Waals surface area contributed by atoms with Crippen LogP contribution in [0.15, 0.2) is 24.3 Å². The number of benzene rings is 1. The van der Waals surface area contributed by atoms with Gasteiger partial charge >= 0.3 is 0 Å². The lowest BCUT2D eigenvalue weighted by Crippen LogP contribution is -2.30. The van der Waals surface area contributed by atoms with Gasteiger partial charge in [-0.15, -0.1) is 0 Å². The Balaban J connectivity index is 1.76. The van der Waals surface area contributed by atoms with Crippen LogP contribution < -0.4 is 10.2 Å². The molecule has 0 spiro atoms. The van der Waals surface area contributed by atoms with Crippen LogP contribution >= 0.6 is 0 Å². The van der Waals surface area contributed by atoms with Crippen molar-refractivity contribution in [1.82, 2.24) is 5.32 Å². The molecule has 1 aromatic rings. The van der Waals surface area contributed by atoms with Gasteiger partial charge in [-0.3, -0.25) is 0 Å². The number of hydrogen-bond donors (Lipinski definition) is 1. The van der Waals surface area contributed by atoms with Crippen LogP contribution in [0.4, 0.5) is 10.1 Å². The largest absolute Gasteiger partial charge is 0.370 e. The summed E-state index contributed by atoms with van der Waals surface area (Å²) >= 11 is 0. The maximum atomic E-state index is 12.8. The normalized spacial score (nSPS) is 29.5. The molecule has 0 saturated carbocycles. The van der Waals surface area contributed by atoms with Crippen molar-refractivity contribution in [1.29, 1.82) is 0 Å². The summed E-state index contributed by atoms with van der Waals surface area (Å²) in [6.45, 7) is 3.34. The first-order chi connectivity index (χ1) is 7.33. The Morgan fingerprint density at radius 3 is 2.73 bits per heavy atom. The highest BCUT2D eigenvalue weighted by Gasteiger charge is 2.35.